The minimum absolute atomic E-state index is 0.00552. The lowest BCUT2D eigenvalue weighted by molar-refractivity contribution is -0.119. The fourth-order valence-electron chi connectivity index (χ4n) is 3.03. The molecule has 0 spiro atoms. The molecular formula is C19H19F2N3O3. The molecule has 0 bridgehead atoms. The van der Waals surface area contributed by atoms with Gasteiger partial charge in [-0.3, -0.25) is 9.59 Å². The van der Waals surface area contributed by atoms with E-state index in [2.05, 4.69) is 15.0 Å². The Labute approximate surface area is 155 Å². The van der Waals surface area contributed by atoms with E-state index in [9.17, 15) is 18.4 Å². The Morgan fingerprint density at radius 3 is 2.74 bits per heavy atom. The second-order valence-electron chi connectivity index (χ2n) is 6.24. The molecular weight excluding hydrogens is 356 g/mol. The van der Waals surface area contributed by atoms with Crippen LogP contribution in [0.1, 0.15) is 28.8 Å². The number of halogens is 2. The van der Waals surface area contributed by atoms with Gasteiger partial charge in [0.25, 0.3) is 5.91 Å². The van der Waals surface area contributed by atoms with Crippen molar-refractivity contribution < 1.29 is 23.1 Å². The molecule has 0 aliphatic carbocycles. The molecule has 142 valence electrons. The number of ether oxygens (including phenoxy) is 1. The van der Waals surface area contributed by atoms with Crippen molar-refractivity contribution >= 4 is 17.6 Å². The average Bonchev–Trinajstić information content (AvgIpc) is 3.13. The number of alkyl halides is 2. The molecule has 0 saturated carbocycles. The van der Waals surface area contributed by atoms with Gasteiger partial charge in [-0.15, -0.1) is 0 Å². The van der Waals surface area contributed by atoms with Crippen molar-refractivity contribution in [3.05, 3.63) is 53.7 Å². The molecule has 1 aliphatic rings. The number of carbonyl (C=O) groups excluding carboxylic acids is 2. The Morgan fingerprint density at radius 1 is 1.26 bits per heavy atom. The minimum Gasteiger partial charge on any atom is -0.434 e. The standard InChI is InChI=1S/C19H19F2N3O3/c1-12-8-9-16(22-11-12)23-17(25)14-6-4-10-24(14)18(26)13-5-2-3-7-15(13)27-19(20)21/h2-3,5,7-9,11,14,19H,4,6,10H2,1H3,(H,22,23,25)/t14-/m0/s1. The Kier molecular flexibility index (Phi) is 5.63. The summed E-state index contributed by atoms with van der Waals surface area (Å²) in [4.78, 5) is 31.0. The maximum Gasteiger partial charge on any atom is 0.387 e. The van der Waals surface area contributed by atoms with Crippen molar-refractivity contribution in [3.63, 3.8) is 0 Å². The number of aromatic nitrogens is 1. The molecule has 2 amide bonds. The molecule has 1 aromatic carbocycles. The molecule has 6 nitrogen and oxygen atoms in total. The predicted molar refractivity (Wildman–Crippen MR) is 94.7 cm³/mol. The molecule has 2 heterocycles. The molecule has 1 saturated heterocycles. The van der Waals surface area contributed by atoms with Crippen molar-refractivity contribution in [1.29, 1.82) is 0 Å². The molecule has 1 aromatic heterocycles. The molecule has 1 fully saturated rings. The summed E-state index contributed by atoms with van der Waals surface area (Å²) in [5.41, 5.74) is 0.965. The van der Waals surface area contributed by atoms with Crippen LogP contribution >= 0.6 is 0 Å². The zero-order valence-corrected chi connectivity index (χ0v) is 14.7. The van der Waals surface area contributed by atoms with Gasteiger partial charge in [0, 0.05) is 12.7 Å². The maximum atomic E-state index is 12.9. The molecule has 0 radical (unpaired) electrons. The lowest BCUT2D eigenvalue weighted by atomic mass is 10.1. The SMILES string of the molecule is Cc1ccc(NC(=O)[C@@H]2CCCN2C(=O)c2ccccc2OC(F)F)nc1. The number of para-hydroxylation sites is 1. The first kappa shape index (κ1) is 18.8. The van der Waals surface area contributed by atoms with Crippen LogP contribution in [-0.4, -0.2) is 40.9 Å². The summed E-state index contributed by atoms with van der Waals surface area (Å²) in [6, 6.07) is 8.59. The van der Waals surface area contributed by atoms with E-state index in [4.69, 9.17) is 0 Å². The summed E-state index contributed by atoms with van der Waals surface area (Å²) in [5.74, 6) is -0.680. The fraction of sp³-hybridized carbons (Fsp3) is 0.316. The first-order valence-corrected chi connectivity index (χ1v) is 8.54. The molecule has 1 N–H and O–H groups in total. The molecule has 27 heavy (non-hydrogen) atoms. The average molecular weight is 375 g/mol. The quantitative estimate of drug-likeness (QED) is 0.871. The van der Waals surface area contributed by atoms with Crippen molar-refractivity contribution in [3.8, 4) is 5.75 Å². The molecule has 3 rings (SSSR count). The van der Waals surface area contributed by atoms with Gasteiger partial charge in [0.1, 0.15) is 17.6 Å². The van der Waals surface area contributed by atoms with Crippen LogP contribution < -0.4 is 10.1 Å². The number of hydrogen-bond acceptors (Lipinski definition) is 4. The summed E-state index contributed by atoms with van der Waals surface area (Å²) in [6.07, 6.45) is 2.76. The number of nitrogens with zero attached hydrogens (tertiary/aromatic N) is 2. The topological polar surface area (TPSA) is 71.5 Å². The summed E-state index contributed by atoms with van der Waals surface area (Å²) in [6.45, 7) is -0.792. The smallest absolute Gasteiger partial charge is 0.387 e. The maximum absolute atomic E-state index is 12.9. The van der Waals surface area contributed by atoms with Crippen LogP contribution in [0, 0.1) is 6.92 Å². The number of hydrogen-bond donors (Lipinski definition) is 1. The second kappa shape index (κ2) is 8.11. The second-order valence-corrected chi connectivity index (χ2v) is 6.24. The van der Waals surface area contributed by atoms with E-state index >= 15 is 0 Å². The van der Waals surface area contributed by atoms with E-state index in [1.54, 1.807) is 18.3 Å². The first-order chi connectivity index (χ1) is 13.0. The number of likely N-dealkylation sites (tertiary alicyclic amines) is 1. The third kappa shape index (κ3) is 4.39. The number of anilines is 1. The molecule has 0 unspecified atom stereocenters. The van der Waals surface area contributed by atoms with Crippen molar-refractivity contribution in [1.82, 2.24) is 9.88 Å². The fourth-order valence-corrected chi connectivity index (χ4v) is 3.03. The van der Waals surface area contributed by atoms with Crippen LogP contribution in [0.3, 0.4) is 0 Å². The minimum atomic E-state index is -3.04. The highest BCUT2D eigenvalue weighted by atomic mass is 19.3. The van der Waals surface area contributed by atoms with Crippen molar-refractivity contribution in [2.45, 2.75) is 32.4 Å². The molecule has 1 aliphatic heterocycles. The third-order valence-electron chi connectivity index (χ3n) is 4.31. The van der Waals surface area contributed by atoms with E-state index in [0.717, 1.165) is 5.56 Å². The Hall–Kier alpha value is -3.03. The van der Waals surface area contributed by atoms with E-state index in [0.29, 0.717) is 25.2 Å². The van der Waals surface area contributed by atoms with Crippen LogP contribution in [-0.2, 0) is 4.79 Å². The van der Waals surface area contributed by atoms with Crippen LogP contribution in [0.15, 0.2) is 42.6 Å². The van der Waals surface area contributed by atoms with Gasteiger partial charge in [0.15, 0.2) is 0 Å². The Bertz CT molecular complexity index is 827. The highest BCUT2D eigenvalue weighted by molar-refractivity contribution is 6.02. The van der Waals surface area contributed by atoms with Crippen molar-refractivity contribution in [2.75, 3.05) is 11.9 Å². The summed E-state index contributed by atoms with van der Waals surface area (Å²) in [5, 5.41) is 2.70. The van der Waals surface area contributed by atoms with Gasteiger partial charge in [0.05, 0.1) is 5.56 Å². The third-order valence-corrected chi connectivity index (χ3v) is 4.31. The van der Waals surface area contributed by atoms with E-state index in [-0.39, 0.29) is 17.2 Å². The number of carbonyl (C=O) groups is 2. The number of amides is 2. The zero-order valence-electron chi connectivity index (χ0n) is 14.7. The lowest BCUT2D eigenvalue weighted by Crippen LogP contribution is -2.43. The normalized spacial score (nSPS) is 16.4. The van der Waals surface area contributed by atoms with Gasteiger partial charge in [-0.2, -0.15) is 8.78 Å². The molecule has 8 heteroatoms. The first-order valence-electron chi connectivity index (χ1n) is 8.54. The van der Waals surface area contributed by atoms with Crippen LogP contribution in [0.5, 0.6) is 5.75 Å². The van der Waals surface area contributed by atoms with Gasteiger partial charge in [-0.25, -0.2) is 4.98 Å². The Balaban J connectivity index is 1.76. The summed E-state index contributed by atoms with van der Waals surface area (Å²) in [7, 11) is 0. The van der Waals surface area contributed by atoms with Gasteiger partial charge in [-0.1, -0.05) is 18.2 Å². The van der Waals surface area contributed by atoms with Crippen molar-refractivity contribution in [2.24, 2.45) is 0 Å². The largest absolute Gasteiger partial charge is 0.434 e. The zero-order chi connectivity index (χ0) is 19.4. The molecule has 2 aromatic rings. The highest BCUT2D eigenvalue weighted by Gasteiger charge is 2.35. The highest BCUT2D eigenvalue weighted by Crippen LogP contribution is 2.26. The molecule has 1 atom stereocenters. The lowest BCUT2D eigenvalue weighted by Gasteiger charge is -2.24. The monoisotopic (exact) mass is 375 g/mol. The summed E-state index contributed by atoms with van der Waals surface area (Å²) < 4.78 is 29.6. The van der Waals surface area contributed by atoms with E-state index in [1.807, 2.05) is 13.0 Å². The van der Waals surface area contributed by atoms with E-state index in [1.165, 1.54) is 23.1 Å². The van der Waals surface area contributed by atoms with Crippen LogP contribution in [0.25, 0.3) is 0 Å². The number of benzene rings is 1. The van der Waals surface area contributed by atoms with Crippen LogP contribution in [0.2, 0.25) is 0 Å². The number of aryl methyl sites for hydroxylation is 1. The predicted octanol–water partition coefficient (Wildman–Crippen LogP) is 3.23. The van der Waals surface area contributed by atoms with Gasteiger partial charge < -0.3 is 15.0 Å². The van der Waals surface area contributed by atoms with Gasteiger partial charge in [0.2, 0.25) is 5.91 Å². The Morgan fingerprint density at radius 2 is 2.04 bits per heavy atom. The van der Waals surface area contributed by atoms with Crippen LogP contribution in [0.4, 0.5) is 14.6 Å². The van der Waals surface area contributed by atoms with Gasteiger partial charge in [-0.05, 0) is 43.5 Å². The van der Waals surface area contributed by atoms with E-state index < -0.39 is 18.6 Å². The number of pyridine rings is 1. The summed E-state index contributed by atoms with van der Waals surface area (Å²) >= 11 is 0. The number of rotatable bonds is 5. The number of nitrogens with one attached hydrogen (secondary N) is 1. The van der Waals surface area contributed by atoms with Gasteiger partial charge >= 0.3 is 6.61 Å².